The molecule has 5 heteroatoms. The molecule has 3 nitrogen and oxygen atoms in total. The van der Waals surface area contributed by atoms with Gasteiger partial charge in [0.1, 0.15) is 0 Å². The summed E-state index contributed by atoms with van der Waals surface area (Å²) in [6.45, 7) is 8.78. The van der Waals surface area contributed by atoms with E-state index in [1.54, 1.807) is 0 Å². The van der Waals surface area contributed by atoms with Crippen molar-refractivity contribution in [2.24, 2.45) is 0 Å². The van der Waals surface area contributed by atoms with Gasteiger partial charge < -0.3 is 16.1 Å². The van der Waals surface area contributed by atoms with E-state index in [1.165, 1.54) is 22.3 Å². The Labute approximate surface area is 172 Å². The molecule has 2 aliphatic heterocycles. The molecule has 2 atom stereocenters. The molecule has 0 spiro atoms. The third-order valence-electron chi connectivity index (χ3n) is 5.32. The number of benzene rings is 2. The Morgan fingerprint density at radius 2 is 1.15 bits per heavy atom. The molecule has 2 heterocycles. The maximum absolute atomic E-state index is 5.97. The van der Waals surface area contributed by atoms with Crippen LogP contribution in [0.25, 0.3) is 0 Å². The van der Waals surface area contributed by atoms with Crippen LogP contribution in [0.15, 0.2) is 36.4 Å². The standard InChI is InChI=1S/2C11H14ClN.H2O/c2*1-8-7-13-5-4-9-2-3-10(12)6-11(8)9;/h2*2-3,6,8,13H,4-5,7H2,1H3;1H2/t8-;;/m0../s1. The Balaban J connectivity index is 0.000000187. The highest BCUT2D eigenvalue weighted by atomic mass is 35.5. The Morgan fingerprint density at radius 1 is 0.741 bits per heavy atom. The second-order valence-electron chi connectivity index (χ2n) is 7.40. The molecule has 0 saturated heterocycles. The molecular weight excluding hydrogens is 379 g/mol. The van der Waals surface area contributed by atoms with Crippen molar-refractivity contribution in [3.63, 3.8) is 0 Å². The van der Waals surface area contributed by atoms with Crippen LogP contribution in [0.5, 0.6) is 0 Å². The molecule has 4 rings (SSSR count). The lowest BCUT2D eigenvalue weighted by Crippen LogP contribution is -2.18. The molecule has 0 radical (unpaired) electrons. The number of nitrogens with one attached hydrogen (secondary N) is 2. The number of rotatable bonds is 0. The maximum atomic E-state index is 5.97. The molecule has 0 amide bonds. The Hall–Kier alpha value is -1.10. The monoisotopic (exact) mass is 408 g/mol. The lowest BCUT2D eigenvalue weighted by atomic mass is 9.96. The molecule has 148 valence electrons. The Morgan fingerprint density at radius 3 is 1.56 bits per heavy atom. The van der Waals surface area contributed by atoms with E-state index in [0.29, 0.717) is 11.8 Å². The van der Waals surface area contributed by atoms with Crippen LogP contribution in [0.1, 0.15) is 47.9 Å². The van der Waals surface area contributed by atoms with E-state index in [2.05, 4.69) is 48.7 Å². The fraction of sp³-hybridized carbons (Fsp3) is 0.455. The number of halogens is 2. The molecule has 4 N–H and O–H groups in total. The van der Waals surface area contributed by atoms with Crippen LogP contribution in [0.3, 0.4) is 0 Å². The number of fused-ring (bicyclic) bond motifs is 2. The predicted octanol–water partition coefficient (Wildman–Crippen LogP) is 4.35. The summed E-state index contributed by atoms with van der Waals surface area (Å²) in [5, 5.41) is 8.55. The third kappa shape index (κ3) is 5.94. The van der Waals surface area contributed by atoms with Gasteiger partial charge in [-0.25, -0.2) is 0 Å². The van der Waals surface area contributed by atoms with Crippen molar-refractivity contribution >= 4 is 23.2 Å². The largest absolute Gasteiger partial charge is 0.412 e. The number of hydrogen-bond donors (Lipinski definition) is 2. The topological polar surface area (TPSA) is 55.6 Å². The highest BCUT2D eigenvalue weighted by molar-refractivity contribution is 6.30. The predicted molar refractivity (Wildman–Crippen MR) is 116 cm³/mol. The van der Waals surface area contributed by atoms with Crippen LogP contribution in [0, 0.1) is 0 Å². The minimum Gasteiger partial charge on any atom is -0.412 e. The molecule has 2 aromatic rings. The minimum absolute atomic E-state index is 0. The summed E-state index contributed by atoms with van der Waals surface area (Å²) in [5.74, 6) is 1.16. The van der Waals surface area contributed by atoms with Gasteiger partial charge in [-0.2, -0.15) is 0 Å². The third-order valence-corrected chi connectivity index (χ3v) is 5.79. The molecule has 0 saturated carbocycles. The second-order valence-corrected chi connectivity index (χ2v) is 8.27. The highest BCUT2D eigenvalue weighted by Gasteiger charge is 2.15. The summed E-state index contributed by atoms with van der Waals surface area (Å²) in [6, 6.07) is 12.5. The van der Waals surface area contributed by atoms with E-state index < -0.39 is 0 Å². The van der Waals surface area contributed by atoms with E-state index in [1.807, 2.05) is 12.1 Å². The zero-order valence-corrected chi connectivity index (χ0v) is 17.6. The van der Waals surface area contributed by atoms with Gasteiger partial charge in [-0.3, -0.25) is 0 Å². The maximum Gasteiger partial charge on any atom is 0.0409 e. The lowest BCUT2D eigenvalue weighted by Gasteiger charge is -2.11. The molecule has 2 aromatic carbocycles. The molecule has 2 aliphatic rings. The van der Waals surface area contributed by atoms with Crippen LogP contribution in [0.4, 0.5) is 0 Å². The zero-order valence-electron chi connectivity index (χ0n) is 16.1. The molecular formula is C22H30Cl2N2O. The van der Waals surface area contributed by atoms with Crippen molar-refractivity contribution in [2.45, 2.75) is 38.5 Å². The van der Waals surface area contributed by atoms with E-state index in [4.69, 9.17) is 23.2 Å². The summed E-state index contributed by atoms with van der Waals surface area (Å²) in [4.78, 5) is 0. The highest BCUT2D eigenvalue weighted by Crippen LogP contribution is 2.26. The lowest BCUT2D eigenvalue weighted by molar-refractivity contribution is 0.644. The second kappa shape index (κ2) is 10.4. The van der Waals surface area contributed by atoms with Gasteiger partial charge in [0.25, 0.3) is 0 Å². The van der Waals surface area contributed by atoms with Gasteiger partial charge in [0.2, 0.25) is 0 Å². The Kier molecular flexibility index (Phi) is 8.59. The normalized spacial score (nSPS) is 21.3. The fourth-order valence-electron chi connectivity index (χ4n) is 3.81. The molecule has 1 unspecified atom stereocenters. The molecule has 0 aromatic heterocycles. The molecule has 27 heavy (non-hydrogen) atoms. The summed E-state index contributed by atoms with van der Waals surface area (Å²) in [7, 11) is 0. The van der Waals surface area contributed by atoms with Gasteiger partial charge >= 0.3 is 0 Å². The fourth-order valence-corrected chi connectivity index (χ4v) is 4.17. The summed E-state index contributed by atoms with van der Waals surface area (Å²) >= 11 is 11.9. The van der Waals surface area contributed by atoms with Crippen LogP contribution >= 0.6 is 23.2 Å². The van der Waals surface area contributed by atoms with Gasteiger partial charge in [-0.1, -0.05) is 49.2 Å². The van der Waals surface area contributed by atoms with E-state index >= 15 is 0 Å². The first kappa shape index (κ1) is 22.2. The molecule has 0 fully saturated rings. The average Bonchev–Trinajstić information content (AvgIpc) is 2.92. The van der Waals surface area contributed by atoms with Crippen molar-refractivity contribution in [2.75, 3.05) is 26.2 Å². The van der Waals surface area contributed by atoms with Gasteiger partial charge in [0.15, 0.2) is 0 Å². The van der Waals surface area contributed by atoms with Gasteiger partial charge in [-0.05, 0) is 84.3 Å². The number of hydrogen-bond acceptors (Lipinski definition) is 2. The average molecular weight is 409 g/mol. The SMILES string of the molecule is CC1CNCCc2ccc(Cl)cc21.C[C@H]1CNCCc2ccc(Cl)cc21.O. The summed E-state index contributed by atoms with van der Waals surface area (Å²) < 4.78 is 0. The summed E-state index contributed by atoms with van der Waals surface area (Å²) in [5.41, 5.74) is 5.72. The van der Waals surface area contributed by atoms with Crippen LogP contribution < -0.4 is 10.6 Å². The first-order valence-electron chi connectivity index (χ1n) is 9.52. The van der Waals surface area contributed by atoms with Crippen molar-refractivity contribution in [1.29, 1.82) is 0 Å². The molecule has 0 aliphatic carbocycles. The van der Waals surface area contributed by atoms with Crippen molar-refractivity contribution in [1.82, 2.24) is 10.6 Å². The summed E-state index contributed by atoms with van der Waals surface area (Å²) in [6.07, 6.45) is 2.24. The Bertz CT molecular complexity index is 688. The minimum atomic E-state index is 0. The van der Waals surface area contributed by atoms with Gasteiger partial charge in [-0.15, -0.1) is 0 Å². The van der Waals surface area contributed by atoms with Crippen molar-refractivity contribution in [3.8, 4) is 0 Å². The van der Waals surface area contributed by atoms with E-state index in [0.717, 1.165) is 49.1 Å². The first-order valence-corrected chi connectivity index (χ1v) is 10.3. The van der Waals surface area contributed by atoms with Crippen LogP contribution in [-0.2, 0) is 12.8 Å². The molecule has 0 bridgehead atoms. The van der Waals surface area contributed by atoms with Crippen molar-refractivity contribution < 1.29 is 5.48 Å². The van der Waals surface area contributed by atoms with Crippen LogP contribution in [0.2, 0.25) is 10.0 Å². The smallest absolute Gasteiger partial charge is 0.0409 e. The van der Waals surface area contributed by atoms with Crippen molar-refractivity contribution in [3.05, 3.63) is 68.7 Å². The van der Waals surface area contributed by atoms with Gasteiger partial charge in [0, 0.05) is 23.1 Å². The first-order chi connectivity index (χ1) is 12.5. The van der Waals surface area contributed by atoms with Gasteiger partial charge in [0.05, 0.1) is 0 Å². The van der Waals surface area contributed by atoms with Crippen LogP contribution in [-0.4, -0.2) is 31.7 Å². The quantitative estimate of drug-likeness (QED) is 0.680. The van der Waals surface area contributed by atoms with E-state index in [9.17, 15) is 0 Å². The zero-order chi connectivity index (χ0) is 18.5. The van der Waals surface area contributed by atoms with E-state index in [-0.39, 0.29) is 5.48 Å².